The molecule has 1 unspecified atom stereocenters. The van der Waals surface area contributed by atoms with E-state index in [1.165, 1.54) is 23.9 Å². The highest BCUT2D eigenvalue weighted by Crippen LogP contribution is 2.23. The smallest absolute Gasteiger partial charge is 0.123 e. The van der Waals surface area contributed by atoms with Crippen LogP contribution in [0.5, 0.6) is 0 Å². The van der Waals surface area contributed by atoms with E-state index in [0.29, 0.717) is 10.8 Å². The second-order valence-corrected chi connectivity index (χ2v) is 5.26. The van der Waals surface area contributed by atoms with Gasteiger partial charge in [0.1, 0.15) is 5.82 Å². The molecule has 94 valence electrons. The molecular formula is C13H12ClFN2S. The minimum absolute atomic E-state index is 0.219. The SMILES string of the molecule is NC(CSc1ccc(Cl)cn1)c1cccc(F)c1. The molecule has 1 aromatic heterocycles. The van der Waals surface area contributed by atoms with Crippen molar-refractivity contribution in [2.75, 3.05) is 5.75 Å². The Balaban J connectivity index is 1.96. The fraction of sp³-hybridized carbons (Fsp3) is 0.154. The van der Waals surface area contributed by atoms with Crippen LogP contribution in [-0.4, -0.2) is 10.7 Å². The molecule has 18 heavy (non-hydrogen) atoms. The van der Waals surface area contributed by atoms with E-state index in [1.807, 2.05) is 12.1 Å². The molecule has 2 rings (SSSR count). The lowest BCUT2D eigenvalue weighted by molar-refractivity contribution is 0.622. The van der Waals surface area contributed by atoms with Gasteiger partial charge in [0.05, 0.1) is 10.0 Å². The predicted octanol–water partition coefficient (Wildman–Crippen LogP) is 3.67. The second kappa shape index (κ2) is 6.18. The maximum absolute atomic E-state index is 13.0. The molecule has 0 aliphatic heterocycles. The molecule has 2 N–H and O–H groups in total. The molecular weight excluding hydrogens is 271 g/mol. The Hall–Kier alpha value is -1.10. The number of thioether (sulfide) groups is 1. The summed E-state index contributed by atoms with van der Waals surface area (Å²) in [5.41, 5.74) is 6.79. The molecule has 5 heteroatoms. The lowest BCUT2D eigenvalue weighted by Crippen LogP contribution is -2.13. The molecule has 1 heterocycles. The zero-order valence-electron chi connectivity index (χ0n) is 9.51. The topological polar surface area (TPSA) is 38.9 Å². The van der Waals surface area contributed by atoms with Crippen molar-refractivity contribution in [2.24, 2.45) is 5.73 Å². The molecule has 0 fully saturated rings. The standard InChI is InChI=1S/C13H12ClFN2S/c14-10-4-5-13(17-7-10)18-8-12(16)9-2-1-3-11(15)6-9/h1-7,12H,8,16H2. The van der Waals surface area contributed by atoms with E-state index in [4.69, 9.17) is 17.3 Å². The summed E-state index contributed by atoms with van der Waals surface area (Å²) in [7, 11) is 0. The number of rotatable bonds is 4. The van der Waals surface area contributed by atoms with Crippen molar-refractivity contribution in [3.63, 3.8) is 0 Å². The summed E-state index contributed by atoms with van der Waals surface area (Å²) in [6, 6.07) is 9.75. The number of benzene rings is 1. The molecule has 1 aromatic carbocycles. The predicted molar refractivity (Wildman–Crippen MR) is 73.3 cm³/mol. The Morgan fingerprint density at radius 1 is 1.33 bits per heavy atom. The van der Waals surface area contributed by atoms with Gasteiger partial charge in [-0.05, 0) is 29.8 Å². The molecule has 0 radical (unpaired) electrons. The number of nitrogens with zero attached hydrogens (tertiary/aromatic N) is 1. The first kappa shape index (κ1) is 13.3. The van der Waals surface area contributed by atoms with E-state index in [-0.39, 0.29) is 11.9 Å². The van der Waals surface area contributed by atoms with Crippen LogP contribution >= 0.6 is 23.4 Å². The van der Waals surface area contributed by atoms with Crippen LogP contribution in [0.1, 0.15) is 11.6 Å². The second-order valence-electron chi connectivity index (χ2n) is 3.79. The summed E-state index contributed by atoms with van der Waals surface area (Å²) in [5.74, 6) is 0.371. The van der Waals surface area contributed by atoms with Gasteiger partial charge in [0.15, 0.2) is 0 Å². The molecule has 0 saturated carbocycles. The Kier molecular flexibility index (Phi) is 4.58. The van der Waals surface area contributed by atoms with Gasteiger partial charge in [-0.15, -0.1) is 11.8 Å². The van der Waals surface area contributed by atoms with Gasteiger partial charge in [-0.3, -0.25) is 0 Å². The Morgan fingerprint density at radius 3 is 2.83 bits per heavy atom. The highest BCUT2D eigenvalue weighted by molar-refractivity contribution is 7.99. The monoisotopic (exact) mass is 282 g/mol. The Labute approximate surface area is 114 Å². The van der Waals surface area contributed by atoms with Gasteiger partial charge in [0.2, 0.25) is 0 Å². The van der Waals surface area contributed by atoms with Crippen LogP contribution < -0.4 is 5.73 Å². The molecule has 2 nitrogen and oxygen atoms in total. The van der Waals surface area contributed by atoms with Crippen LogP contribution in [0.15, 0.2) is 47.6 Å². The Morgan fingerprint density at radius 2 is 2.17 bits per heavy atom. The first-order valence-electron chi connectivity index (χ1n) is 5.40. The molecule has 1 atom stereocenters. The first-order chi connectivity index (χ1) is 8.65. The highest BCUT2D eigenvalue weighted by Gasteiger charge is 2.08. The van der Waals surface area contributed by atoms with Gasteiger partial charge in [0, 0.05) is 18.0 Å². The van der Waals surface area contributed by atoms with E-state index in [0.717, 1.165) is 10.6 Å². The third kappa shape index (κ3) is 3.70. The number of aromatic nitrogens is 1. The third-order valence-electron chi connectivity index (χ3n) is 2.39. The average molecular weight is 283 g/mol. The van der Waals surface area contributed by atoms with E-state index >= 15 is 0 Å². The zero-order valence-corrected chi connectivity index (χ0v) is 11.1. The number of halogens is 2. The van der Waals surface area contributed by atoms with Gasteiger partial charge < -0.3 is 5.73 Å². The number of hydrogen-bond acceptors (Lipinski definition) is 3. The quantitative estimate of drug-likeness (QED) is 0.870. The van der Waals surface area contributed by atoms with Crippen molar-refractivity contribution < 1.29 is 4.39 Å². The van der Waals surface area contributed by atoms with Crippen LogP contribution in [0.3, 0.4) is 0 Å². The third-order valence-corrected chi connectivity index (χ3v) is 3.67. The van der Waals surface area contributed by atoms with Crippen molar-refractivity contribution in [2.45, 2.75) is 11.1 Å². The van der Waals surface area contributed by atoms with Crippen molar-refractivity contribution in [3.8, 4) is 0 Å². The molecule has 0 saturated heterocycles. The summed E-state index contributed by atoms with van der Waals surface area (Å²) >= 11 is 7.27. The van der Waals surface area contributed by atoms with Gasteiger partial charge >= 0.3 is 0 Å². The van der Waals surface area contributed by atoms with E-state index in [9.17, 15) is 4.39 Å². The minimum Gasteiger partial charge on any atom is -0.323 e. The maximum Gasteiger partial charge on any atom is 0.123 e. The lowest BCUT2D eigenvalue weighted by Gasteiger charge is -2.11. The average Bonchev–Trinajstić information content (AvgIpc) is 2.38. The van der Waals surface area contributed by atoms with E-state index < -0.39 is 0 Å². The van der Waals surface area contributed by atoms with Crippen molar-refractivity contribution >= 4 is 23.4 Å². The van der Waals surface area contributed by atoms with Crippen molar-refractivity contribution in [1.82, 2.24) is 4.98 Å². The number of hydrogen-bond donors (Lipinski definition) is 1. The summed E-state index contributed by atoms with van der Waals surface area (Å²) in [6.07, 6.45) is 1.59. The van der Waals surface area contributed by atoms with Gasteiger partial charge in [0.25, 0.3) is 0 Å². The van der Waals surface area contributed by atoms with Crippen molar-refractivity contribution in [1.29, 1.82) is 0 Å². The largest absolute Gasteiger partial charge is 0.323 e. The summed E-state index contributed by atoms with van der Waals surface area (Å²) < 4.78 is 13.0. The molecule has 0 spiro atoms. The summed E-state index contributed by atoms with van der Waals surface area (Å²) in [4.78, 5) is 4.16. The fourth-order valence-electron chi connectivity index (χ4n) is 1.46. The van der Waals surface area contributed by atoms with Crippen LogP contribution in [0.2, 0.25) is 5.02 Å². The van der Waals surface area contributed by atoms with Crippen molar-refractivity contribution in [3.05, 3.63) is 59.0 Å². The summed E-state index contributed by atoms with van der Waals surface area (Å²) in [6.45, 7) is 0. The summed E-state index contributed by atoms with van der Waals surface area (Å²) in [5, 5.41) is 1.46. The molecule has 2 aromatic rings. The van der Waals surface area contributed by atoms with Gasteiger partial charge in [-0.25, -0.2) is 9.37 Å². The number of nitrogens with two attached hydrogens (primary N) is 1. The molecule has 0 aliphatic rings. The van der Waals surface area contributed by atoms with E-state index in [2.05, 4.69) is 4.98 Å². The van der Waals surface area contributed by atoms with Crippen LogP contribution in [0.25, 0.3) is 0 Å². The maximum atomic E-state index is 13.0. The van der Waals surface area contributed by atoms with E-state index in [1.54, 1.807) is 18.3 Å². The molecule has 0 bridgehead atoms. The lowest BCUT2D eigenvalue weighted by atomic mass is 10.1. The first-order valence-corrected chi connectivity index (χ1v) is 6.77. The number of pyridine rings is 1. The molecule has 0 aliphatic carbocycles. The normalized spacial score (nSPS) is 12.4. The van der Waals surface area contributed by atoms with Crippen LogP contribution in [-0.2, 0) is 0 Å². The van der Waals surface area contributed by atoms with Crippen LogP contribution in [0.4, 0.5) is 4.39 Å². The van der Waals surface area contributed by atoms with Crippen LogP contribution in [0, 0.1) is 5.82 Å². The van der Waals surface area contributed by atoms with Gasteiger partial charge in [-0.2, -0.15) is 0 Å². The zero-order chi connectivity index (χ0) is 13.0. The molecule has 0 amide bonds. The fourth-order valence-corrected chi connectivity index (χ4v) is 2.40. The highest BCUT2D eigenvalue weighted by atomic mass is 35.5. The van der Waals surface area contributed by atoms with Gasteiger partial charge in [-0.1, -0.05) is 23.7 Å². The Bertz CT molecular complexity index is 519. The minimum atomic E-state index is -0.266.